The summed E-state index contributed by atoms with van der Waals surface area (Å²) in [6, 6.07) is 7.96. The molecule has 1 atom stereocenters. The number of hydrogen-bond acceptors (Lipinski definition) is 4. The van der Waals surface area contributed by atoms with Gasteiger partial charge < -0.3 is 15.2 Å². The van der Waals surface area contributed by atoms with Crippen molar-refractivity contribution in [1.82, 2.24) is 19.4 Å². The molecule has 1 aliphatic heterocycles. The summed E-state index contributed by atoms with van der Waals surface area (Å²) in [7, 11) is 0. The molecular formula is C20H21ClN6. The quantitative estimate of drug-likeness (QED) is 0.530. The van der Waals surface area contributed by atoms with Crippen LogP contribution in [0.5, 0.6) is 0 Å². The summed E-state index contributed by atoms with van der Waals surface area (Å²) < 4.78 is 2.24. The minimum atomic E-state index is 0.211. The van der Waals surface area contributed by atoms with E-state index in [9.17, 15) is 0 Å². The number of amidine groups is 1. The van der Waals surface area contributed by atoms with E-state index in [0.717, 1.165) is 47.4 Å². The second kappa shape index (κ2) is 6.70. The fourth-order valence-corrected chi connectivity index (χ4v) is 4.12. The van der Waals surface area contributed by atoms with E-state index in [2.05, 4.69) is 28.0 Å². The number of nitrogens with one attached hydrogen (secondary N) is 1. The van der Waals surface area contributed by atoms with Crippen LogP contribution >= 0.6 is 11.6 Å². The minimum absolute atomic E-state index is 0.211. The average Bonchev–Trinajstić information content (AvgIpc) is 3.25. The molecule has 0 bridgehead atoms. The first-order valence-corrected chi connectivity index (χ1v) is 9.22. The molecule has 7 heteroatoms. The summed E-state index contributed by atoms with van der Waals surface area (Å²) in [5.41, 5.74) is 10.3. The van der Waals surface area contributed by atoms with E-state index in [1.807, 2.05) is 29.2 Å². The number of fused-ring (bicyclic) bond motifs is 1. The number of hydrogen-bond donors (Lipinski definition) is 2. The maximum absolute atomic E-state index is 8.04. The zero-order chi connectivity index (χ0) is 19.1. The third-order valence-corrected chi connectivity index (χ3v) is 5.51. The van der Waals surface area contributed by atoms with Crippen molar-refractivity contribution in [2.45, 2.75) is 19.4 Å². The summed E-state index contributed by atoms with van der Waals surface area (Å²) >= 11 is 6.07. The molecule has 1 fully saturated rings. The van der Waals surface area contributed by atoms with Crippen molar-refractivity contribution in [3.05, 3.63) is 54.0 Å². The van der Waals surface area contributed by atoms with Gasteiger partial charge in [0, 0.05) is 29.4 Å². The molecule has 0 saturated carbocycles. The number of nitrogens with zero attached hydrogens (tertiary/aromatic N) is 4. The molecule has 2 aromatic heterocycles. The number of nitrogens with two attached hydrogens (primary N) is 1. The number of rotatable bonds is 3. The van der Waals surface area contributed by atoms with Gasteiger partial charge in [-0.1, -0.05) is 30.3 Å². The topological polar surface area (TPSA) is 83.8 Å². The average molecular weight is 381 g/mol. The van der Waals surface area contributed by atoms with E-state index in [0.29, 0.717) is 16.7 Å². The van der Waals surface area contributed by atoms with Crippen molar-refractivity contribution in [3.8, 4) is 11.1 Å². The van der Waals surface area contributed by atoms with Gasteiger partial charge in [-0.2, -0.15) is 0 Å². The maximum atomic E-state index is 8.04. The van der Waals surface area contributed by atoms with Gasteiger partial charge in [0.1, 0.15) is 23.6 Å². The van der Waals surface area contributed by atoms with Gasteiger partial charge in [-0.15, -0.1) is 0 Å². The highest BCUT2D eigenvalue weighted by Crippen LogP contribution is 2.39. The summed E-state index contributed by atoms with van der Waals surface area (Å²) in [6.07, 6.45) is 4.03. The molecule has 0 radical (unpaired) electrons. The highest BCUT2D eigenvalue weighted by Gasteiger charge is 2.29. The van der Waals surface area contributed by atoms with Crippen molar-refractivity contribution < 1.29 is 0 Å². The molecule has 27 heavy (non-hydrogen) atoms. The Balaban J connectivity index is 1.89. The second-order valence-electron chi connectivity index (χ2n) is 6.77. The van der Waals surface area contributed by atoms with Gasteiger partial charge in [-0.05, 0) is 37.1 Å². The van der Waals surface area contributed by atoms with Crippen molar-refractivity contribution in [3.63, 3.8) is 0 Å². The number of aromatic nitrogens is 3. The molecule has 1 aliphatic rings. The third kappa shape index (κ3) is 2.86. The molecule has 6 nitrogen and oxygen atoms in total. The van der Waals surface area contributed by atoms with Gasteiger partial charge in [0.25, 0.3) is 0 Å². The smallest absolute Gasteiger partial charge is 0.146 e. The molecular weight excluding hydrogens is 360 g/mol. The van der Waals surface area contributed by atoms with Crippen LogP contribution in [0, 0.1) is 12.3 Å². The molecule has 1 unspecified atom stereocenters. The lowest BCUT2D eigenvalue weighted by Crippen LogP contribution is -2.26. The molecule has 0 amide bonds. The second-order valence-corrected chi connectivity index (χ2v) is 7.21. The van der Waals surface area contributed by atoms with Crippen LogP contribution in [0.4, 0.5) is 5.82 Å². The van der Waals surface area contributed by atoms with Gasteiger partial charge in [0.05, 0.1) is 11.4 Å². The molecule has 138 valence electrons. The third-order valence-electron chi connectivity index (χ3n) is 5.25. The lowest BCUT2D eigenvalue weighted by molar-refractivity contribution is 0.471. The van der Waals surface area contributed by atoms with Crippen LogP contribution in [0.25, 0.3) is 22.2 Å². The Morgan fingerprint density at radius 3 is 2.78 bits per heavy atom. The minimum Gasteiger partial charge on any atom is -0.383 e. The van der Waals surface area contributed by atoms with Crippen molar-refractivity contribution in [2.24, 2.45) is 0 Å². The van der Waals surface area contributed by atoms with Gasteiger partial charge in [-0.3, -0.25) is 5.41 Å². The lowest BCUT2D eigenvalue weighted by atomic mass is 10.0. The first-order valence-electron chi connectivity index (χ1n) is 8.84. The molecule has 0 spiro atoms. The maximum Gasteiger partial charge on any atom is 0.146 e. The first kappa shape index (κ1) is 17.5. The largest absolute Gasteiger partial charge is 0.383 e. The molecule has 0 aliphatic carbocycles. The van der Waals surface area contributed by atoms with E-state index in [-0.39, 0.29) is 6.04 Å². The fourth-order valence-electron chi connectivity index (χ4n) is 3.99. The molecule has 3 N–H and O–H groups in total. The van der Waals surface area contributed by atoms with E-state index >= 15 is 0 Å². The first-order chi connectivity index (χ1) is 13.0. The van der Waals surface area contributed by atoms with Crippen molar-refractivity contribution in [2.75, 3.05) is 18.8 Å². The van der Waals surface area contributed by atoms with Gasteiger partial charge in [0.15, 0.2) is 0 Å². The Morgan fingerprint density at radius 1 is 1.33 bits per heavy atom. The lowest BCUT2D eigenvalue weighted by Gasteiger charge is -2.19. The fraction of sp³-hybridized carbons (Fsp3) is 0.250. The van der Waals surface area contributed by atoms with Crippen LogP contribution in [0.3, 0.4) is 0 Å². The van der Waals surface area contributed by atoms with E-state index < -0.39 is 0 Å². The van der Waals surface area contributed by atoms with Crippen molar-refractivity contribution in [1.29, 1.82) is 5.41 Å². The van der Waals surface area contributed by atoms with Crippen molar-refractivity contribution >= 4 is 34.3 Å². The van der Waals surface area contributed by atoms with Crippen LogP contribution in [-0.2, 0) is 0 Å². The van der Waals surface area contributed by atoms with Crippen LogP contribution in [0.2, 0.25) is 5.02 Å². The number of halogens is 1. The zero-order valence-electron chi connectivity index (χ0n) is 15.1. The van der Waals surface area contributed by atoms with Crippen LogP contribution in [-0.4, -0.2) is 38.4 Å². The van der Waals surface area contributed by atoms with E-state index in [1.165, 1.54) is 6.33 Å². The van der Waals surface area contributed by atoms with Crippen LogP contribution < -0.4 is 5.73 Å². The Labute approximate surface area is 162 Å². The number of nitrogen functional groups attached to an aromatic ring is 1. The molecule has 1 saturated heterocycles. The predicted molar refractivity (Wildman–Crippen MR) is 110 cm³/mol. The highest BCUT2D eigenvalue weighted by molar-refractivity contribution is 6.30. The Bertz CT molecular complexity index is 1040. The Hall–Kier alpha value is -2.86. The van der Waals surface area contributed by atoms with Crippen LogP contribution in [0.1, 0.15) is 18.2 Å². The molecule has 1 aromatic carbocycles. The van der Waals surface area contributed by atoms with E-state index in [4.69, 9.17) is 22.7 Å². The summed E-state index contributed by atoms with van der Waals surface area (Å²) in [4.78, 5) is 10.8. The number of benzene rings is 1. The summed E-state index contributed by atoms with van der Waals surface area (Å²) in [6.45, 7) is 7.38. The Morgan fingerprint density at radius 2 is 2.07 bits per heavy atom. The van der Waals surface area contributed by atoms with Gasteiger partial charge in [0.2, 0.25) is 0 Å². The summed E-state index contributed by atoms with van der Waals surface area (Å²) in [5, 5.41) is 9.60. The van der Waals surface area contributed by atoms with Gasteiger partial charge >= 0.3 is 0 Å². The molecule has 3 aromatic rings. The predicted octanol–water partition coefficient (Wildman–Crippen LogP) is 4.05. The standard InChI is InChI=1S/C20H21ClN6/c1-3-16(22)26-9-8-15(10-26)27-12(2)17(13-4-6-14(21)7-5-13)18-19(23)24-11-25-20(18)27/h3-7,11,15,22H,1,8-10H2,2H3,(H2,23,24,25). The monoisotopic (exact) mass is 380 g/mol. The zero-order valence-corrected chi connectivity index (χ0v) is 15.9. The SMILES string of the molecule is C=CC(=N)N1CCC(n2c(C)c(-c3ccc(Cl)cc3)c3c(N)ncnc32)C1. The Kier molecular flexibility index (Phi) is 4.36. The van der Waals surface area contributed by atoms with Gasteiger partial charge in [-0.25, -0.2) is 9.97 Å². The molecule has 4 rings (SSSR count). The molecule has 3 heterocycles. The van der Waals surface area contributed by atoms with Crippen LogP contribution in [0.15, 0.2) is 43.2 Å². The number of likely N-dealkylation sites (tertiary alicyclic amines) is 1. The highest BCUT2D eigenvalue weighted by atomic mass is 35.5. The number of anilines is 1. The normalized spacial score (nSPS) is 16.8. The van der Waals surface area contributed by atoms with E-state index in [1.54, 1.807) is 6.08 Å². The summed E-state index contributed by atoms with van der Waals surface area (Å²) in [5.74, 6) is 0.930.